The predicted molar refractivity (Wildman–Crippen MR) is 297 cm³/mol. The Morgan fingerprint density at radius 1 is 0.304 bits per heavy atom. The van der Waals surface area contributed by atoms with E-state index >= 15 is 0 Å². The zero-order valence-corrected chi connectivity index (χ0v) is 45.0. The number of ether oxygens (including phenoxy) is 3. The lowest BCUT2D eigenvalue weighted by atomic mass is 10.0. The molecule has 0 aliphatic rings. The smallest absolute Gasteiger partial charge is 0.306 e. The topological polar surface area (TPSA) is 78.9 Å². The van der Waals surface area contributed by atoms with Crippen molar-refractivity contribution in [2.24, 2.45) is 0 Å². The molecule has 69 heavy (non-hydrogen) atoms. The molecule has 0 saturated heterocycles. The molecule has 0 aromatic rings. The summed E-state index contributed by atoms with van der Waals surface area (Å²) in [5.41, 5.74) is 0. The molecule has 0 aliphatic carbocycles. The maximum absolute atomic E-state index is 12.8. The van der Waals surface area contributed by atoms with E-state index in [0.717, 1.165) is 135 Å². The maximum atomic E-state index is 12.8. The molecule has 0 spiro atoms. The fourth-order valence-electron chi connectivity index (χ4n) is 7.84. The first kappa shape index (κ1) is 65.3. The molecular formula is C63H106O6. The summed E-state index contributed by atoms with van der Waals surface area (Å²) < 4.78 is 16.8. The summed E-state index contributed by atoms with van der Waals surface area (Å²) in [4.78, 5) is 38.2. The van der Waals surface area contributed by atoms with Gasteiger partial charge in [-0.3, -0.25) is 14.4 Å². The highest BCUT2D eigenvalue weighted by Crippen LogP contribution is 2.16. The van der Waals surface area contributed by atoms with Crippen LogP contribution in [0.2, 0.25) is 0 Å². The molecule has 0 heterocycles. The summed E-state index contributed by atoms with van der Waals surface area (Å²) in [5.74, 6) is -0.939. The van der Waals surface area contributed by atoms with E-state index in [2.05, 4.69) is 118 Å². The van der Waals surface area contributed by atoms with Gasteiger partial charge >= 0.3 is 17.9 Å². The van der Waals surface area contributed by atoms with Crippen molar-refractivity contribution in [2.45, 2.75) is 271 Å². The largest absolute Gasteiger partial charge is 0.462 e. The Morgan fingerprint density at radius 3 is 0.899 bits per heavy atom. The molecule has 394 valence electrons. The molecule has 0 saturated carbocycles. The zero-order chi connectivity index (χ0) is 50.0. The van der Waals surface area contributed by atoms with Gasteiger partial charge in [0.1, 0.15) is 13.2 Å². The summed E-state index contributed by atoms with van der Waals surface area (Å²) in [6.45, 7) is 6.39. The second kappa shape index (κ2) is 56.9. The van der Waals surface area contributed by atoms with Crippen LogP contribution >= 0.6 is 0 Å². The number of hydrogen-bond acceptors (Lipinski definition) is 6. The standard InChI is InChI=1S/C63H106O6/c1-4-7-10-13-16-19-22-25-28-30-31-33-36-38-41-44-47-50-53-56-62(65)68-59-60(69-63(66)57-54-51-48-45-42-39-34-27-24-21-18-15-12-9-6-3)58-67-61(64)55-52-49-46-43-40-37-35-32-29-26-23-20-17-14-11-8-5-2/h7,9-10,12,16,18-19,21,25,27-28,31,33-34,38,41,60H,4-6,8,11,13-15,17,20,22-24,26,29-30,32,35-37,39-40,42-59H2,1-3H3/b10-7-,12-9-,19-16-,21-18-,28-25-,33-31-,34-27-,41-38-/t60-/m0/s1. The van der Waals surface area contributed by atoms with Gasteiger partial charge in [-0.25, -0.2) is 0 Å². The summed E-state index contributed by atoms with van der Waals surface area (Å²) in [6.07, 6.45) is 75.4. The molecule has 6 heteroatoms. The number of allylic oxidation sites excluding steroid dienone is 16. The maximum Gasteiger partial charge on any atom is 0.306 e. The molecule has 0 unspecified atom stereocenters. The lowest BCUT2D eigenvalue weighted by molar-refractivity contribution is -0.167. The van der Waals surface area contributed by atoms with Gasteiger partial charge in [-0.05, 0) is 96.3 Å². The van der Waals surface area contributed by atoms with Crippen LogP contribution < -0.4 is 0 Å². The van der Waals surface area contributed by atoms with Crippen molar-refractivity contribution in [1.82, 2.24) is 0 Å². The van der Waals surface area contributed by atoms with Gasteiger partial charge in [0.15, 0.2) is 6.10 Å². The van der Waals surface area contributed by atoms with E-state index in [1.807, 2.05) is 0 Å². The van der Waals surface area contributed by atoms with Crippen LogP contribution in [0.3, 0.4) is 0 Å². The first-order chi connectivity index (χ1) is 34.0. The first-order valence-corrected chi connectivity index (χ1v) is 28.7. The van der Waals surface area contributed by atoms with Crippen LogP contribution in [0.1, 0.15) is 265 Å². The molecule has 0 aliphatic heterocycles. The highest BCUT2D eigenvalue weighted by atomic mass is 16.6. The third-order valence-electron chi connectivity index (χ3n) is 12.1. The fraction of sp³-hybridized carbons (Fsp3) is 0.698. The Balaban J connectivity index is 4.45. The van der Waals surface area contributed by atoms with Crippen molar-refractivity contribution in [3.63, 3.8) is 0 Å². The van der Waals surface area contributed by atoms with E-state index in [9.17, 15) is 14.4 Å². The number of esters is 3. The van der Waals surface area contributed by atoms with Crippen LogP contribution in [0.4, 0.5) is 0 Å². The molecule has 1 atom stereocenters. The molecule has 6 nitrogen and oxygen atoms in total. The van der Waals surface area contributed by atoms with Gasteiger partial charge in [0.25, 0.3) is 0 Å². The molecular weight excluding hydrogens is 853 g/mol. The van der Waals surface area contributed by atoms with E-state index in [1.54, 1.807) is 0 Å². The third kappa shape index (κ3) is 55.1. The highest BCUT2D eigenvalue weighted by molar-refractivity contribution is 5.71. The van der Waals surface area contributed by atoms with Gasteiger partial charge < -0.3 is 14.2 Å². The molecule has 0 amide bonds. The van der Waals surface area contributed by atoms with Crippen molar-refractivity contribution in [3.8, 4) is 0 Å². The van der Waals surface area contributed by atoms with Crippen LogP contribution in [-0.4, -0.2) is 37.2 Å². The Kier molecular flexibility index (Phi) is 53.9. The Bertz CT molecular complexity index is 1380. The second-order valence-electron chi connectivity index (χ2n) is 18.8. The van der Waals surface area contributed by atoms with Gasteiger partial charge in [-0.2, -0.15) is 0 Å². The normalized spacial score (nSPS) is 12.8. The fourth-order valence-corrected chi connectivity index (χ4v) is 7.84. The molecule has 0 aromatic heterocycles. The van der Waals surface area contributed by atoms with Gasteiger partial charge in [0.05, 0.1) is 0 Å². The minimum Gasteiger partial charge on any atom is -0.462 e. The highest BCUT2D eigenvalue weighted by Gasteiger charge is 2.19. The third-order valence-corrected chi connectivity index (χ3v) is 12.1. The van der Waals surface area contributed by atoms with E-state index in [4.69, 9.17) is 14.2 Å². The Labute approximate surface area is 426 Å². The summed E-state index contributed by atoms with van der Waals surface area (Å²) in [6, 6.07) is 0. The van der Waals surface area contributed by atoms with Crippen LogP contribution in [0.15, 0.2) is 97.2 Å². The van der Waals surface area contributed by atoms with Gasteiger partial charge in [0.2, 0.25) is 0 Å². The monoisotopic (exact) mass is 959 g/mol. The SMILES string of the molecule is CC/C=C\C/C=C\C/C=C\C/C=C\C/C=C\CCCCCC(=O)OC[C@H](COC(=O)CCCCCCCCCCCCCCCCCCC)OC(=O)CCCCCCC/C=C\C/C=C\C/C=C\CC. The predicted octanol–water partition coefficient (Wildman–Crippen LogP) is 19.3. The van der Waals surface area contributed by atoms with Crippen LogP contribution in [0, 0.1) is 0 Å². The van der Waals surface area contributed by atoms with Crippen molar-refractivity contribution < 1.29 is 28.6 Å². The second-order valence-corrected chi connectivity index (χ2v) is 18.8. The van der Waals surface area contributed by atoms with E-state index < -0.39 is 6.10 Å². The average Bonchev–Trinajstić information content (AvgIpc) is 3.35. The number of hydrogen-bond donors (Lipinski definition) is 0. The van der Waals surface area contributed by atoms with E-state index in [0.29, 0.717) is 19.3 Å². The van der Waals surface area contributed by atoms with E-state index in [-0.39, 0.29) is 31.1 Å². The summed E-state index contributed by atoms with van der Waals surface area (Å²) in [5, 5.41) is 0. The quantitative estimate of drug-likeness (QED) is 0.0262. The van der Waals surface area contributed by atoms with Crippen LogP contribution in [-0.2, 0) is 28.6 Å². The minimum atomic E-state index is -0.800. The number of carbonyl (C=O) groups is 3. The Hall–Kier alpha value is -3.67. The van der Waals surface area contributed by atoms with Crippen molar-refractivity contribution in [1.29, 1.82) is 0 Å². The lowest BCUT2D eigenvalue weighted by Crippen LogP contribution is -2.30. The molecule has 0 aromatic carbocycles. The molecule has 0 fully saturated rings. The average molecular weight is 960 g/mol. The van der Waals surface area contributed by atoms with Crippen molar-refractivity contribution >= 4 is 17.9 Å². The van der Waals surface area contributed by atoms with Gasteiger partial charge in [-0.15, -0.1) is 0 Å². The molecule has 0 N–H and O–H groups in total. The summed E-state index contributed by atoms with van der Waals surface area (Å²) >= 11 is 0. The molecule has 0 radical (unpaired) electrons. The number of carbonyl (C=O) groups excluding carboxylic acids is 3. The number of rotatable bonds is 51. The Morgan fingerprint density at radius 2 is 0.565 bits per heavy atom. The molecule has 0 rings (SSSR count). The molecule has 0 bridgehead atoms. The summed E-state index contributed by atoms with van der Waals surface area (Å²) in [7, 11) is 0. The lowest BCUT2D eigenvalue weighted by Gasteiger charge is -2.18. The first-order valence-electron chi connectivity index (χ1n) is 28.7. The van der Waals surface area contributed by atoms with Gasteiger partial charge in [0, 0.05) is 19.3 Å². The van der Waals surface area contributed by atoms with Crippen molar-refractivity contribution in [2.75, 3.05) is 13.2 Å². The van der Waals surface area contributed by atoms with E-state index in [1.165, 1.54) is 89.9 Å². The minimum absolute atomic E-state index is 0.0940. The van der Waals surface area contributed by atoms with Gasteiger partial charge in [-0.1, -0.05) is 246 Å². The zero-order valence-electron chi connectivity index (χ0n) is 45.0. The number of unbranched alkanes of at least 4 members (excludes halogenated alkanes) is 24. The van der Waals surface area contributed by atoms with Crippen LogP contribution in [0.25, 0.3) is 0 Å². The van der Waals surface area contributed by atoms with Crippen molar-refractivity contribution in [3.05, 3.63) is 97.2 Å². The van der Waals surface area contributed by atoms with Crippen LogP contribution in [0.5, 0.6) is 0 Å².